The van der Waals surface area contributed by atoms with E-state index in [9.17, 15) is 20.1 Å². The summed E-state index contributed by atoms with van der Waals surface area (Å²) in [6.45, 7) is 14.7. The molecule has 5 nitrogen and oxygen atoms in total. The van der Waals surface area contributed by atoms with Crippen molar-refractivity contribution in [2.45, 2.75) is 118 Å². The number of rotatable bonds is 1. The maximum absolute atomic E-state index is 12.3. The van der Waals surface area contributed by atoms with Crippen molar-refractivity contribution in [3.05, 3.63) is 0 Å². The molecule has 0 aromatic heterocycles. The molecule has 12 atom stereocenters. The number of carboxylic acid groups (broad SMARTS) is 1. The molecular formula is C30H48O5. The predicted octanol–water partition coefficient (Wildman–Crippen LogP) is 5.62. The lowest BCUT2D eigenvalue weighted by Gasteiger charge is -2.74. The number of ether oxygens (including phenoxy) is 1. The van der Waals surface area contributed by atoms with Crippen molar-refractivity contribution in [3.8, 4) is 0 Å². The van der Waals surface area contributed by atoms with E-state index in [1.54, 1.807) is 0 Å². The predicted molar refractivity (Wildman–Crippen MR) is 133 cm³/mol. The number of carbonyl (C=O) groups is 1. The van der Waals surface area contributed by atoms with E-state index in [1.165, 1.54) is 12.8 Å². The molecule has 0 amide bonds. The number of carboxylic acids is 1. The van der Waals surface area contributed by atoms with Gasteiger partial charge >= 0.3 is 5.97 Å². The minimum Gasteiger partial charge on any atom is -0.481 e. The molecule has 1 heterocycles. The van der Waals surface area contributed by atoms with Crippen LogP contribution >= 0.6 is 0 Å². The molecule has 3 N–H and O–H groups in total. The normalized spacial score (nSPS) is 63.4. The molecule has 1 aliphatic heterocycles. The second-order valence-corrected chi connectivity index (χ2v) is 15.5. The third-order valence-corrected chi connectivity index (χ3v) is 14.7. The summed E-state index contributed by atoms with van der Waals surface area (Å²) in [7, 11) is 0. The molecule has 0 aromatic carbocycles. The van der Waals surface area contributed by atoms with Crippen molar-refractivity contribution in [1.29, 1.82) is 0 Å². The minimum atomic E-state index is -1.39. The van der Waals surface area contributed by atoms with Gasteiger partial charge in [0.1, 0.15) is 6.10 Å². The van der Waals surface area contributed by atoms with E-state index < -0.39 is 23.3 Å². The van der Waals surface area contributed by atoms with Gasteiger partial charge < -0.3 is 20.1 Å². The summed E-state index contributed by atoms with van der Waals surface area (Å²) >= 11 is 0. The Morgan fingerprint density at radius 3 is 2.17 bits per heavy atom. The number of hydrogen-bond donors (Lipinski definition) is 3. The average Bonchev–Trinajstić information content (AvgIpc) is 2.97. The second-order valence-electron chi connectivity index (χ2n) is 15.5. The summed E-state index contributed by atoms with van der Waals surface area (Å²) in [6, 6.07) is 0. The van der Waals surface area contributed by atoms with E-state index >= 15 is 0 Å². The van der Waals surface area contributed by atoms with Crippen LogP contribution in [0.2, 0.25) is 0 Å². The van der Waals surface area contributed by atoms with Gasteiger partial charge in [0.15, 0.2) is 5.79 Å². The topological polar surface area (TPSA) is 87.0 Å². The number of aliphatic hydroxyl groups excluding tert-OH is 1. The molecule has 35 heavy (non-hydrogen) atoms. The van der Waals surface area contributed by atoms with Gasteiger partial charge in [0.2, 0.25) is 0 Å². The van der Waals surface area contributed by atoms with Crippen LogP contribution in [0.4, 0.5) is 0 Å². The van der Waals surface area contributed by atoms with Gasteiger partial charge in [-0.25, -0.2) is 0 Å². The highest BCUT2D eigenvalue weighted by molar-refractivity contribution is 5.74. The first kappa shape index (κ1) is 24.7. The van der Waals surface area contributed by atoms with Crippen LogP contribution in [0.15, 0.2) is 0 Å². The van der Waals surface area contributed by atoms with Gasteiger partial charge in [-0.15, -0.1) is 0 Å². The van der Waals surface area contributed by atoms with Crippen molar-refractivity contribution in [3.63, 3.8) is 0 Å². The van der Waals surface area contributed by atoms with Gasteiger partial charge in [-0.05, 0) is 111 Å². The van der Waals surface area contributed by atoms with Gasteiger partial charge in [-0.2, -0.15) is 0 Å². The summed E-state index contributed by atoms with van der Waals surface area (Å²) in [5.41, 5.74) is -0.0361. The van der Waals surface area contributed by atoms with Crippen LogP contribution in [0.25, 0.3) is 0 Å². The van der Waals surface area contributed by atoms with E-state index in [2.05, 4.69) is 34.6 Å². The number of hydrogen-bond acceptors (Lipinski definition) is 4. The van der Waals surface area contributed by atoms with Crippen LogP contribution in [0, 0.1) is 56.2 Å². The van der Waals surface area contributed by atoms with E-state index in [0.29, 0.717) is 30.8 Å². The molecule has 6 rings (SSSR count). The highest BCUT2D eigenvalue weighted by atomic mass is 16.6. The molecule has 0 aromatic rings. The molecule has 2 bridgehead atoms. The van der Waals surface area contributed by atoms with Gasteiger partial charge in [0.25, 0.3) is 0 Å². The molecule has 0 unspecified atom stereocenters. The van der Waals surface area contributed by atoms with E-state index in [-0.39, 0.29) is 33.0 Å². The van der Waals surface area contributed by atoms with Crippen LogP contribution in [0.3, 0.4) is 0 Å². The van der Waals surface area contributed by atoms with Crippen LogP contribution in [-0.2, 0) is 9.53 Å². The van der Waals surface area contributed by atoms with Crippen molar-refractivity contribution in [1.82, 2.24) is 0 Å². The third kappa shape index (κ3) is 2.64. The van der Waals surface area contributed by atoms with Crippen molar-refractivity contribution in [2.24, 2.45) is 56.2 Å². The smallest absolute Gasteiger partial charge is 0.309 e. The molecule has 5 aliphatic carbocycles. The Kier molecular flexibility index (Phi) is 4.83. The Morgan fingerprint density at radius 2 is 1.49 bits per heavy atom. The maximum Gasteiger partial charge on any atom is 0.309 e. The summed E-state index contributed by atoms with van der Waals surface area (Å²) in [5.74, 6) is -0.714. The maximum atomic E-state index is 12.3. The molecule has 6 aliphatic rings. The summed E-state index contributed by atoms with van der Waals surface area (Å²) in [4.78, 5) is 12.3. The van der Waals surface area contributed by atoms with Crippen molar-refractivity contribution in [2.75, 3.05) is 6.61 Å². The van der Waals surface area contributed by atoms with Crippen LogP contribution in [0.5, 0.6) is 0 Å². The summed E-state index contributed by atoms with van der Waals surface area (Å²) < 4.78 is 6.00. The standard InChI is InChI=1S/C30H48O5/c1-18-29-8-7-19-26(4,20(29)15-22(31)30(18,34)35-17-29)12-14-28(6)21-16-25(3,23(32)33)10-9-24(21,2)11-13-27(19,28)5/h18-22,31,34H,7-17H2,1-6H3,(H,32,33)/t18-,19+,20+,21-,22-,24-,25-,26-,27-,28+,29+,30+/m1/s1. The Labute approximate surface area is 211 Å². The second kappa shape index (κ2) is 6.86. The number of fused-ring (bicyclic) bond motifs is 7. The molecule has 0 radical (unpaired) electrons. The number of aliphatic carboxylic acids is 1. The zero-order chi connectivity index (χ0) is 25.4. The van der Waals surface area contributed by atoms with E-state index in [4.69, 9.17) is 4.74 Å². The van der Waals surface area contributed by atoms with Gasteiger partial charge in [-0.1, -0.05) is 34.6 Å². The fraction of sp³-hybridized carbons (Fsp3) is 0.967. The fourth-order valence-corrected chi connectivity index (χ4v) is 11.9. The summed E-state index contributed by atoms with van der Waals surface area (Å²) in [6.07, 6.45) is 9.34. The lowest BCUT2D eigenvalue weighted by atomic mass is 9.30. The Morgan fingerprint density at radius 1 is 0.857 bits per heavy atom. The zero-order valence-electron chi connectivity index (χ0n) is 22.8. The first-order chi connectivity index (χ1) is 16.1. The molecular weight excluding hydrogens is 440 g/mol. The average molecular weight is 489 g/mol. The lowest BCUT2D eigenvalue weighted by Crippen LogP contribution is -2.69. The largest absolute Gasteiger partial charge is 0.481 e. The molecule has 1 saturated heterocycles. The zero-order valence-corrected chi connectivity index (χ0v) is 22.8. The van der Waals surface area contributed by atoms with Crippen LogP contribution in [0.1, 0.15) is 106 Å². The Bertz CT molecular complexity index is 951. The molecule has 5 saturated carbocycles. The third-order valence-electron chi connectivity index (χ3n) is 14.7. The first-order valence-corrected chi connectivity index (χ1v) is 14.4. The monoisotopic (exact) mass is 488 g/mol. The van der Waals surface area contributed by atoms with Crippen molar-refractivity contribution < 1.29 is 24.9 Å². The fourth-order valence-electron chi connectivity index (χ4n) is 11.9. The van der Waals surface area contributed by atoms with Crippen LogP contribution < -0.4 is 0 Å². The first-order valence-electron chi connectivity index (χ1n) is 14.4. The highest BCUT2D eigenvalue weighted by Crippen LogP contribution is 2.79. The van der Waals surface area contributed by atoms with E-state index in [1.807, 2.05) is 6.92 Å². The Balaban J connectivity index is 1.40. The molecule has 1 spiro atoms. The quantitative estimate of drug-likeness (QED) is 0.446. The van der Waals surface area contributed by atoms with Crippen molar-refractivity contribution >= 4 is 5.97 Å². The molecule has 198 valence electrons. The Hall–Kier alpha value is -0.650. The molecule has 6 fully saturated rings. The lowest BCUT2D eigenvalue weighted by molar-refractivity contribution is -0.291. The number of aliphatic hydroxyl groups is 2. The molecule has 5 heteroatoms. The van der Waals surface area contributed by atoms with Gasteiger partial charge in [-0.3, -0.25) is 4.79 Å². The van der Waals surface area contributed by atoms with Gasteiger partial charge in [0.05, 0.1) is 12.0 Å². The van der Waals surface area contributed by atoms with Crippen LogP contribution in [-0.4, -0.2) is 39.8 Å². The minimum absolute atomic E-state index is 0.0424. The highest BCUT2D eigenvalue weighted by Gasteiger charge is 2.75. The summed E-state index contributed by atoms with van der Waals surface area (Å²) in [5, 5.41) is 32.4. The SMILES string of the molecule is C[C@@H]1[C@@]23CC[C@H]4[C@@](C)(CC[C@@]5(C)[C@@H]6C[C@](C)(C(=O)O)CC[C@]6(C)CC[C@]45C)[C@@H]2C[C@@H](O)[C@@]1(O)OC3. The van der Waals surface area contributed by atoms with Gasteiger partial charge in [0, 0.05) is 11.3 Å². The van der Waals surface area contributed by atoms with E-state index in [0.717, 1.165) is 44.9 Å².